The lowest BCUT2D eigenvalue weighted by atomic mass is 10.1. The first-order valence-electron chi connectivity index (χ1n) is 9.74. The van der Waals surface area contributed by atoms with Crippen LogP contribution in [0.2, 0.25) is 0 Å². The zero-order valence-electron chi connectivity index (χ0n) is 17.1. The Morgan fingerprint density at radius 2 is 1.70 bits per heavy atom. The summed E-state index contributed by atoms with van der Waals surface area (Å²) in [5, 5.41) is 7.36. The molecule has 2 aromatic carbocycles. The van der Waals surface area contributed by atoms with E-state index < -0.39 is 0 Å². The highest BCUT2D eigenvalue weighted by molar-refractivity contribution is 6.21. The van der Waals surface area contributed by atoms with E-state index in [1.165, 1.54) is 0 Å². The number of para-hydroxylation sites is 2. The Balaban J connectivity index is 1.46. The molecule has 0 saturated carbocycles. The second kappa shape index (κ2) is 7.59. The van der Waals surface area contributed by atoms with Gasteiger partial charge in [0.1, 0.15) is 0 Å². The van der Waals surface area contributed by atoms with Gasteiger partial charge in [0, 0.05) is 18.7 Å². The first-order chi connectivity index (χ1) is 14.3. The van der Waals surface area contributed by atoms with E-state index in [1.54, 1.807) is 28.9 Å². The summed E-state index contributed by atoms with van der Waals surface area (Å²) in [6, 6.07) is 14.5. The van der Waals surface area contributed by atoms with Crippen LogP contribution >= 0.6 is 0 Å². The number of fused-ring (bicyclic) bond motifs is 1. The van der Waals surface area contributed by atoms with E-state index in [9.17, 15) is 14.4 Å². The fraction of sp³-hybridized carbons (Fsp3) is 0.217. The Labute approximate surface area is 174 Å². The minimum absolute atomic E-state index is 0.00982. The molecule has 30 heavy (non-hydrogen) atoms. The molecule has 4 rings (SSSR count). The molecule has 1 N–H and O–H groups in total. The third-order valence-electron chi connectivity index (χ3n) is 5.10. The first-order valence-corrected chi connectivity index (χ1v) is 9.74. The largest absolute Gasteiger partial charge is 0.324 e. The molecule has 7 heteroatoms. The van der Waals surface area contributed by atoms with E-state index in [4.69, 9.17) is 0 Å². The van der Waals surface area contributed by atoms with Crippen LogP contribution in [0.4, 0.5) is 5.69 Å². The second-order valence-corrected chi connectivity index (χ2v) is 7.47. The Morgan fingerprint density at radius 3 is 2.43 bits per heavy atom. The van der Waals surface area contributed by atoms with Crippen molar-refractivity contribution in [2.24, 2.45) is 0 Å². The number of amides is 3. The van der Waals surface area contributed by atoms with Crippen molar-refractivity contribution in [2.45, 2.75) is 27.2 Å². The molecular formula is C23H22N4O3. The molecule has 1 aromatic heterocycles. The Bertz CT molecular complexity index is 1180. The summed E-state index contributed by atoms with van der Waals surface area (Å²) in [4.78, 5) is 38.8. The normalized spacial score (nSPS) is 13.0. The summed E-state index contributed by atoms with van der Waals surface area (Å²) in [5.74, 6) is -0.989. The number of nitrogens with one attached hydrogen (secondary N) is 1. The third-order valence-corrected chi connectivity index (χ3v) is 5.10. The van der Waals surface area contributed by atoms with Crippen LogP contribution in [0.25, 0.3) is 5.69 Å². The fourth-order valence-corrected chi connectivity index (χ4v) is 3.67. The summed E-state index contributed by atoms with van der Waals surface area (Å²) in [6.45, 7) is 5.75. The summed E-state index contributed by atoms with van der Waals surface area (Å²) in [7, 11) is 0. The molecule has 2 heterocycles. The quantitative estimate of drug-likeness (QED) is 0.663. The molecule has 0 saturated heterocycles. The predicted molar refractivity (Wildman–Crippen MR) is 113 cm³/mol. The van der Waals surface area contributed by atoms with Crippen molar-refractivity contribution in [3.05, 3.63) is 76.6 Å². The number of anilines is 1. The maximum absolute atomic E-state index is 12.6. The maximum Gasteiger partial charge on any atom is 0.261 e. The average molecular weight is 402 g/mol. The highest BCUT2D eigenvalue weighted by Crippen LogP contribution is 2.25. The van der Waals surface area contributed by atoms with Gasteiger partial charge in [-0.25, -0.2) is 4.68 Å². The highest BCUT2D eigenvalue weighted by atomic mass is 16.2. The number of hydrogen-bond donors (Lipinski definition) is 1. The van der Waals surface area contributed by atoms with Crippen molar-refractivity contribution in [2.75, 3.05) is 11.9 Å². The first kappa shape index (κ1) is 19.6. The predicted octanol–water partition coefficient (Wildman–Crippen LogP) is 3.42. The van der Waals surface area contributed by atoms with Gasteiger partial charge in [-0.3, -0.25) is 19.3 Å². The molecule has 3 aromatic rings. The van der Waals surface area contributed by atoms with E-state index in [2.05, 4.69) is 10.4 Å². The standard InChI is InChI=1S/C23H22N4O3/c1-14-8-9-17-18(12-14)23(30)26(22(17)29)11-10-21(28)24-19-6-4-5-7-20(19)27-16(3)13-15(2)25-27/h4-9,12-13H,10-11H2,1-3H3,(H,24,28). The lowest BCUT2D eigenvalue weighted by molar-refractivity contribution is -0.116. The Kier molecular flexibility index (Phi) is 4.95. The number of carbonyl (C=O) groups is 3. The lowest BCUT2D eigenvalue weighted by Crippen LogP contribution is -2.33. The van der Waals surface area contributed by atoms with Crippen LogP contribution in [-0.4, -0.2) is 38.9 Å². The average Bonchev–Trinajstić information content (AvgIpc) is 3.16. The van der Waals surface area contributed by atoms with E-state index in [1.807, 2.05) is 45.0 Å². The van der Waals surface area contributed by atoms with Gasteiger partial charge < -0.3 is 5.32 Å². The number of aryl methyl sites for hydroxylation is 3. The molecule has 0 bridgehead atoms. The molecule has 7 nitrogen and oxygen atoms in total. The van der Waals surface area contributed by atoms with Gasteiger partial charge in [0.25, 0.3) is 11.8 Å². The molecule has 0 radical (unpaired) electrons. The van der Waals surface area contributed by atoms with Crippen LogP contribution in [0.1, 0.15) is 44.1 Å². The molecule has 0 unspecified atom stereocenters. The summed E-state index contributed by atoms with van der Waals surface area (Å²) < 4.78 is 1.78. The van der Waals surface area contributed by atoms with Crippen LogP contribution in [0.3, 0.4) is 0 Å². The molecule has 0 atom stereocenters. The minimum atomic E-state index is -0.356. The molecule has 0 fully saturated rings. The van der Waals surface area contributed by atoms with Gasteiger partial charge in [0.2, 0.25) is 5.91 Å². The third kappa shape index (κ3) is 3.50. The van der Waals surface area contributed by atoms with Gasteiger partial charge in [0.15, 0.2) is 0 Å². The molecule has 1 aliphatic rings. The number of rotatable bonds is 5. The van der Waals surface area contributed by atoms with Crippen LogP contribution in [0.15, 0.2) is 48.5 Å². The van der Waals surface area contributed by atoms with Crippen LogP contribution < -0.4 is 5.32 Å². The number of nitrogens with zero attached hydrogens (tertiary/aromatic N) is 3. The number of imide groups is 1. The van der Waals surface area contributed by atoms with E-state index in [-0.39, 0.29) is 30.7 Å². The van der Waals surface area contributed by atoms with Crippen molar-refractivity contribution >= 4 is 23.4 Å². The Morgan fingerprint density at radius 1 is 0.967 bits per heavy atom. The van der Waals surface area contributed by atoms with Gasteiger partial charge in [0.05, 0.1) is 28.2 Å². The smallest absolute Gasteiger partial charge is 0.261 e. The van der Waals surface area contributed by atoms with Crippen molar-refractivity contribution in [1.29, 1.82) is 0 Å². The molecule has 0 spiro atoms. The molecule has 0 aliphatic carbocycles. The Hall–Kier alpha value is -3.74. The fourth-order valence-electron chi connectivity index (χ4n) is 3.67. The number of aromatic nitrogens is 2. The number of hydrogen-bond acceptors (Lipinski definition) is 4. The van der Waals surface area contributed by atoms with Gasteiger partial charge in [-0.2, -0.15) is 5.10 Å². The maximum atomic E-state index is 12.6. The van der Waals surface area contributed by atoms with Crippen molar-refractivity contribution in [3.8, 4) is 5.69 Å². The van der Waals surface area contributed by atoms with E-state index in [0.717, 1.165) is 27.5 Å². The lowest BCUT2D eigenvalue weighted by Gasteiger charge is -2.15. The van der Waals surface area contributed by atoms with Crippen LogP contribution in [0.5, 0.6) is 0 Å². The monoisotopic (exact) mass is 402 g/mol. The SMILES string of the molecule is Cc1ccc2c(c1)C(=O)N(CCC(=O)Nc1ccccc1-n1nc(C)cc1C)C2=O. The molecule has 1 aliphatic heterocycles. The zero-order valence-corrected chi connectivity index (χ0v) is 17.1. The topological polar surface area (TPSA) is 84.3 Å². The van der Waals surface area contributed by atoms with Crippen LogP contribution in [0, 0.1) is 20.8 Å². The number of carbonyl (C=O) groups excluding carboxylic acids is 3. The summed E-state index contributed by atoms with van der Waals surface area (Å²) in [5.41, 5.74) is 4.91. The molecule has 3 amide bonds. The summed E-state index contributed by atoms with van der Waals surface area (Å²) in [6.07, 6.45) is 0.00982. The second-order valence-electron chi connectivity index (χ2n) is 7.47. The number of benzene rings is 2. The van der Waals surface area contributed by atoms with Crippen LogP contribution in [-0.2, 0) is 4.79 Å². The van der Waals surface area contributed by atoms with Crippen molar-refractivity contribution < 1.29 is 14.4 Å². The summed E-state index contributed by atoms with van der Waals surface area (Å²) >= 11 is 0. The van der Waals surface area contributed by atoms with Gasteiger partial charge in [-0.05, 0) is 51.1 Å². The highest BCUT2D eigenvalue weighted by Gasteiger charge is 2.35. The van der Waals surface area contributed by atoms with Crippen molar-refractivity contribution in [3.63, 3.8) is 0 Å². The molecule has 152 valence electrons. The van der Waals surface area contributed by atoms with E-state index >= 15 is 0 Å². The van der Waals surface area contributed by atoms with Gasteiger partial charge in [-0.1, -0.05) is 23.8 Å². The minimum Gasteiger partial charge on any atom is -0.324 e. The van der Waals surface area contributed by atoms with E-state index in [0.29, 0.717) is 16.8 Å². The van der Waals surface area contributed by atoms with Gasteiger partial charge in [-0.15, -0.1) is 0 Å². The zero-order chi connectivity index (χ0) is 21.4. The van der Waals surface area contributed by atoms with Crippen molar-refractivity contribution in [1.82, 2.24) is 14.7 Å². The van der Waals surface area contributed by atoms with Gasteiger partial charge >= 0.3 is 0 Å². The molecular weight excluding hydrogens is 380 g/mol.